The number of nitrogens with zero attached hydrogens (tertiary/aromatic N) is 1. The van der Waals surface area contributed by atoms with Crippen LogP contribution >= 0.6 is 0 Å². The molecule has 0 radical (unpaired) electrons. The van der Waals surface area contributed by atoms with Gasteiger partial charge >= 0.3 is 0 Å². The zero-order valence-corrected chi connectivity index (χ0v) is 8.59. The summed E-state index contributed by atoms with van der Waals surface area (Å²) in [5, 5.41) is 0. The van der Waals surface area contributed by atoms with Crippen LogP contribution in [-0.4, -0.2) is 12.8 Å². The van der Waals surface area contributed by atoms with Gasteiger partial charge in [0, 0.05) is 6.21 Å². The van der Waals surface area contributed by atoms with Crippen LogP contribution in [0.2, 0.25) is 0 Å². The Labute approximate surface area is 76.6 Å². The highest BCUT2D eigenvalue weighted by atomic mass is 14.7. The maximum absolute atomic E-state index is 4.30. The van der Waals surface area contributed by atoms with E-state index in [0.717, 1.165) is 6.54 Å². The van der Waals surface area contributed by atoms with E-state index in [1.807, 2.05) is 0 Å². The van der Waals surface area contributed by atoms with Crippen LogP contribution in [0.25, 0.3) is 0 Å². The van der Waals surface area contributed by atoms with E-state index >= 15 is 0 Å². The molecule has 0 bridgehead atoms. The van der Waals surface area contributed by atoms with Crippen molar-refractivity contribution in [2.45, 2.75) is 40.0 Å². The molecule has 0 aliphatic heterocycles. The van der Waals surface area contributed by atoms with Gasteiger partial charge in [0.25, 0.3) is 0 Å². The summed E-state index contributed by atoms with van der Waals surface area (Å²) in [6.45, 7) is 7.42. The molecule has 0 spiro atoms. The van der Waals surface area contributed by atoms with Gasteiger partial charge in [-0.3, -0.25) is 4.99 Å². The van der Waals surface area contributed by atoms with Crippen molar-refractivity contribution < 1.29 is 0 Å². The fourth-order valence-corrected chi connectivity index (χ4v) is 0.766. The highest BCUT2D eigenvalue weighted by Gasteiger charge is 1.89. The molecule has 1 unspecified atom stereocenters. The maximum atomic E-state index is 4.30. The van der Waals surface area contributed by atoms with E-state index in [1.165, 1.54) is 19.3 Å². The van der Waals surface area contributed by atoms with Gasteiger partial charge in [0.1, 0.15) is 0 Å². The number of aliphatic imine (C=N–C) groups is 1. The molecular formula is C11H21N. The molecule has 0 saturated carbocycles. The average Bonchev–Trinajstić information content (AvgIpc) is 2.10. The molecule has 0 amide bonds. The third-order valence-electron chi connectivity index (χ3n) is 1.84. The molecule has 12 heavy (non-hydrogen) atoms. The molecule has 0 aliphatic rings. The van der Waals surface area contributed by atoms with Crippen molar-refractivity contribution in [2.75, 3.05) is 6.54 Å². The van der Waals surface area contributed by atoms with Crippen LogP contribution in [0.5, 0.6) is 0 Å². The average molecular weight is 167 g/mol. The molecule has 0 aromatic heterocycles. The summed E-state index contributed by atoms with van der Waals surface area (Å²) in [6, 6.07) is 0. The fraction of sp³-hybridized carbons (Fsp3) is 0.727. The molecule has 0 heterocycles. The van der Waals surface area contributed by atoms with Crippen molar-refractivity contribution >= 4 is 6.21 Å². The van der Waals surface area contributed by atoms with Crippen molar-refractivity contribution in [2.24, 2.45) is 10.9 Å². The van der Waals surface area contributed by atoms with E-state index in [-0.39, 0.29) is 0 Å². The van der Waals surface area contributed by atoms with E-state index in [9.17, 15) is 0 Å². The number of rotatable bonds is 6. The quantitative estimate of drug-likeness (QED) is 0.424. The maximum Gasteiger partial charge on any atom is 0.0566 e. The van der Waals surface area contributed by atoms with E-state index in [2.05, 4.69) is 44.1 Å². The van der Waals surface area contributed by atoms with Gasteiger partial charge in [-0.1, -0.05) is 39.3 Å². The first-order chi connectivity index (χ1) is 5.81. The third kappa shape index (κ3) is 7.52. The Hall–Kier alpha value is -0.590. The predicted octanol–water partition coefficient (Wildman–Crippen LogP) is 3.46. The molecule has 0 fully saturated rings. The Morgan fingerprint density at radius 3 is 2.58 bits per heavy atom. The SMILES string of the molecule is CCC/C=C\C/N=C\C(C)CC. The third-order valence-corrected chi connectivity index (χ3v) is 1.84. The normalized spacial score (nSPS) is 14.6. The highest BCUT2D eigenvalue weighted by molar-refractivity contribution is 5.60. The van der Waals surface area contributed by atoms with Gasteiger partial charge in [0.2, 0.25) is 0 Å². The van der Waals surface area contributed by atoms with Gasteiger partial charge in [-0.25, -0.2) is 0 Å². The van der Waals surface area contributed by atoms with Crippen molar-refractivity contribution in [3.8, 4) is 0 Å². The lowest BCUT2D eigenvalue weighted by atomic mass is 10.1. The molecule has 0 aromatic rings. The van der Waals surface area contributed by atoms with Crippen molar-refractivity contribution in [1.82, 2.24) is 0 Å². The van der Waals surface area contributed by atoms with E-state index in [1.54, 1.807) is 0 Å². The minimum absolute atomic E-state index is 0.629. The van der Waals surface area contributed by atoms with Crippen LogP contribution in [0.4, 0.5) is 0 Å². The van der Waals surface area contributed by atoms with Crippen LogP contribution in [0, 0.1) is 5.92 Å². The van der Waals surface area contributed by atoms with Crippen LogP contribution in [0.3, 0.4) is 0 Å². The van der Waals surface area contributed by atoms with Gasteiger partial charge in [-0.05, 0) is 18.8 Å². The van der Waals surface area contributed by atoms with Gasteiger partial charge in [0.15, 0.2) is 0 Å². The second kappa shape index (κ2) is 8.51. The Morgan fingerprint density at radius 1 is 1.25 bits per heavy atom. The number of unbranched alkanes of at least 4 members (excludes halogenated alkanes) is 1. The molecule has 1 atom stereocenters. The zero-order chi connectivity index (χ0) is 9.23. The Kier molecular flexibility index (Phi) is 8.09. The summed E-state index contributed by atoms with van der Waals surface area (Å²) in [7, 11) is 0. The molecule has 0 aromatic carbocycles. The Balaban J connectivity index is 3.35. The van der Waals surface area contributed by atoms with Crippen LogP contribution in [0.15, 0.2) is 17.1 Å². The Morgan fingerprint density at radius 2 is 2.00 bits per heavy atom. The monoisotopic (exact) mass is 167 g/mol. The lowest BCUT2D eigenvalue weighted by Crippen LogP contribution is -1.92. The largest absolute Gasteiger partial charge is 0.293 e. The summed E-state index contributed by atoms with van der Waals surface area (Å²) >= 11 is 0. The first-order valence-corrected chi connectivity index (χ1v) is 4.96. The van der Waals surface area contributed by atoms with Crippen LogP contribution in [0.1, 0.15) is 40.0 Å². The summed E-state index contributed by atoms with van der Waals surface area (Å²) < 4.78 is 0. The minimum Gasteiger partial charge on any atom is -0.293 e. The smallest absolute Gasteiger partial charge is 0.0566 e. The molecule has 70 valence electrons. The lowest BCUT2D eigenvalue weighted by molar-refractivity contribution is 0.752. The molecular weight excluding hydrogens is 146 g/mol. The Bertz CT molecular complexity index is 136. The summed E-state index contributed by atoms with van der Waals surface area (Å²) in [4.78, 5) is 4.30. The molecule has 1 heteroatoms. The summed E-state index contributed by atoms with van der Waals surface area (Å²) in [5.41, 5.74) is 0. The first kappa shape index (κ1) is 11.4. The molecule has 0 saturated heterocycles. The second-order valence-corrected chi connectivity index (χ2v) is 3.16. The number of allylic oxidation sites excluding steroid dienone is 1. The lowest BCUT2D eigenvalue weighted by Gasteiger charge is -1.96. The molecule has 0 N–H and O–H groups in total. The predicted molar refractivity (Wildman–Crippen MR) is 56.9 cm³/mol. The first-order valence-electron chi connectivity index (χ1n) is 4.96. The molecule has 0 rings (SSSR count). The topological polar surface area (TPSA) is 12.4 Å². The van der Waals surface area contributed by atoms with Gasteiger partial charge in [-0.2, -0.15) is 0 Å². The summed E-state index contributed by atoms with van der Waals surface area (Å²) in [6.07, 6.45) is 9.99. The van der Waals surface area contributed by atoms with Gasteiger partial charge < -0.3 is 0 Å². The highest BCUT2D eigenvalue weighted by Crippen LogP contribution is 1.95. The van der Waals surface area contributed by atoms with E-state index < -0.39 is 0 Å². The van der Waals surface area contributed by atoms with Crippen molar-refractivity contribution in [3.63, 3.8) is 0 Å². The standard InChI is InChI=1S/C11H21N/c1-4-6-7-8-9-12-10-11(3)5-2/h7-8,10-11H,4-6,9H2,1-3H3/b8-7-,12-10-. The fourth-order valence-electron chi connectivity index (χ4n) is 0.766. The number of hydrogen-bond acceptors (Lipinski definition) is 1. The number of hydrogen-bond donors (Lipinski definition) is 0. The van der Waals surface area contributed by atoms with Crippen molar-refractivity contribution in [3.05, 3.63) is 12.2 Å². The summed E-state index contributed by atoms with van der Waals surface area (Å²) in [5.74, 6) is 0.629. The van der Waals surface area contributed by atoms with Crippen molar-refractivity contribution in [1.29, 1.82) is 0 Å². The van der Waals surface area contributed by atoms with Crippen LogP contribution in [-0.2, 0) is 0 Å². The van der Waals surface area contributed by atoms with Crippen LogP contribution < -0.4 is 0 Å². The second-order valence-electron chi connectivity index (χ2n) is 3.16. The molecule has 1 nitrogen and oxygen atoms in total. The zero-order valence-electron chi connectivity index (χ0n) is 8.59. The minimum atomic E-state index is 0.629. The van der Waals surface area contributed by atoms with E-state index in [0.29, 0.717) is 5.92 Å². The van der Waals surface area contributed by atoms with E-state index in [4.69, 9.17) is 0 Å². The van der Waals surface area contributed by atoms with Gasteiger partial charge in [0.05, 0.1) is 6.54 Å². The van der Waals surface area contributed by atoms with Gasteiger partial charge in [-0.15, -0.1) is 0 Å². The molecule has 0 aliphatic carbocycles.